The molecule has 0 aliphatic heterocycles. The Morgan fingerprint density at radius 3 is 2.30 bits per heavy atom. The van der Waals surface area contributed by atoms with Crippen molar-refractivity contribution < 1.29 is 17.4 Å². The van der Waals surface area contributed by atoms with Gasteiger partial charge in [0.15, 0.2) is 0 Å². The molecular formula is C14H19NO4S. The predicted molar refractivity (Wildman–Crippen MR) is 75.9 cm³/mol. The monoisotopic (exact) mass is 297 g/mol. The molecule has 0 saturated heterocycles. The first kappa shape index (κ1) is 15.0. The van der Waals surface area contributed by atoms with Crippen LogP contribution in [0.1, 0.15) is 39.0 Å². The molecule has 0 heterocycles. The van der Waals surface area contributed by atoms with Crippen LogP contribution in [0.15, 0.2) is 29.2 Å². The van der Waals surface area contributed by atoms with Crippen LogP contribution in [-0.4, -0.2) is 20.4 Å². The summed E-state index contributed by atoms with van der Waals surface area (Å²) in [6, 6.07) is 6.00. The summed E-state index contributed by atoms with van der Waals surface area (Å²) in [6.07, 6.45) is 4.56. The maximum Gasteiger partial charge on any atom is 0.297 e. The van der Waals surface area contributed by atoms with Crippen LogP contribution in [0, 0.1) is 0 Å². The molecule has 0 unspecified atom stereocenters. The molecule has 110 valence electrons. The lowest BCUT2D eigenvalue weighted by atomic mass is 9.98. The number of carbonyl (C=O) groups is 1. The summed E-state index contributed by atoms with van der Waals surface area (Å²) in [6.45, 7) is 1.40. The lowest BCUT2D eigenvalue weighted by Gasteiger charge is -2.21. The normalized spacial score (nSPS) is 16.9. The molecule has 0 spiro atoms. The average Bonchev–Trinajstić information content (AvgIpc) is 2.39. The lowest BCUT2D eigenvalue weighted by Crippen LogP contribution is -2.21. The third kappa shape index (κ3) is 4.05. The Kier molecular flexibility index (Phi) is 4.77. The molecule has 0 aromatic heterocycles. The van der Waals surface area contributed by atoms with Crippen LogP contribution in [0.4, 0.5) is 5.69 Å². The van der Waals surface area contributed by atoms with Gasteiger partial charge in [0, 0.05) is 12.6 Å². The number of rotatable bonds is 4. The van der Waals surface area contributed by atoms with E-state index in [-0.39, 0.29) is 16.9 Å². The van der Waals surface area contributed by atoms with E-state index in [2.05, 4.69) is 5.32 Å². The van der Waals surface area contributed by atoms with E-state index in [0.29, 0.717) is 5.69 Å². The molecule has 0 radical (unpaired) electrons. The lowest BCUT2D eigenvalue weighted by molar-refractivity contribution is -0.114. The molecule has 2 rings (SSSR count). The number of hydrogen-bond donors (Lipinski definition) is 1. The Labute approximate surface area is 119 Å². The van der Waals surface area contributed by atoms with Crippen LogP contribution >= 0.6 is 0 Å². The first-order valence-corrected chi connectivity index (χ1v) is 8.19. The minimum absolute atomic E-state index is 0.122. The van der Waals surface area contributed by atoms with Crippen LogP contribution in [0.5, 0.6) is 0 Å². The largest absolute Gasteiger partial charge is 0.326 e. The SMILES string of the molecule is CC(=O)Nc1ccc(S(=O)(=O)OC2CCCCC2)cc1. The van der Waals surface area contributed by atoms with Crippen molar-refractivity contribution in [1.82, 2.24) is 0 Å². The first-order chi connectivity index (χ1) is 9.47. The van der Waals surface area contributed by atoms with Gasteiger partial charge in [-0.25, -0.2) is 0 Å². The van der Waals surface area contributed by atoms with Gasteiger partial charge in [0.05, 0.1) is 11.0 Å². The molecule has 0 bridgehead atoms. The van der Waals surface area contributed by atoms with E-state index in [4.69, 9.17) is 4.18 Å². The fourth-order valence-electron chi connectivity index (χ4n) is 2.30. The Bertz CT molecular complexity index is 559. The quantitative estimate of drug-likeness (QED) is 0.867. The second kappa shape index (κ2) is 6.37. The minimum atomic E-state index is -3.72. The van der Waals surface area contributed by atoms with Gasteiger partial charge in [-0.1, -0.05) is 19.3 Å². The molecule has 1 N–H and O–H groups in total. The predicted octanol–water partition coefficient (Wildman–Crippen LogP) is 2.68. The number of nitrogens with one attached hydrogen (secondary N) is 1. The van der Waals surface area contributed by atoms with E-state index < -0.39 is 10.1 Å². The van der Waals surface area contributed by atoms with Crippen molar-refractivity contribution in [1.29, 1.82) is 0 Å². The molecule has 1 fully saturated rings. The van der Waals surface area contributed by atoms with E-state index in [9.17, 15) is 13.2 Å². The van der Waals surface area contributed by atoms with Crippen molar-refractivity contribution in [2.24, 2.45) is 0 Å². The zero-order valence-corrected chi connectivity index (χ0v) is 12.3. The topological polar surface area (TPSA) is 72.5 Å². The molecule has 1 aromatic rings. The Morgan fingerprint density at radius 2 is 1.75 bits per heavy atom. The summed E-state index contributed by atoms with van der Waals surface area (Å²) in [5.74, 6) is -0.195. The molecule has 0 atom stereocenters. The highest BCUT2D eigenvalue weighted by molar-refractivity contribution is 7.86. The number of anilines is 1. The molecule has 5 nitrogen and oxygen atoms in total. The smallest absolute Gasteiger partial charge is 0.297 e. The zero-order valence-electron chi connectivity index (χ0n) is 11.5. The fourth-order valence-corrected chi connectivity index (χ4v) is 3.44. The number of amides is 1. The minimum Gasteiger partial charge on any atom is -0.326 e. The van der Waals surface area contributed by atoms with Crippen LogP contribution in [0.2, 0.25) is 0 Å². The van der Waals surface area contributed by atoms with Gasteiger partial charge in [0.1, 0.15) is 0 Å². The van der Waals surface area contributed by atoms with E-state index >= 15 is 0 Å². The summed E-state index contributed by atoms with van der Waals surface area (Å²) in [5.41, 5.74) is 0.564. The molecule has 20 heavy (non-hydrogen) atoms. The second-order valence-electron chi connectivity index (χ2n) is 5.02. The molecular weight excluding hydrogens is 278 g/mol. The highest BCUT2D eigenvalue weighted by atomic mass is 32.2. The van der Waals surface area contributed by atoms with Crippen LogP contribution in [0.3, 0.4) is 0 Å². The Hall–Kier alpha value is -1.40. The van der Waals surface area contributed by atoms with Gasteiger partial charge < -0.3 is 5.32 Å². The molecule has 1 aliphatic rings. The average molecular weight is 297 g/mol. The van der Waals surface area contributed by atoms with Crippen molar-refractivity contribution in [3.8, 4) is 0 Å². The van der Waals surface area contributed by atoms with Gasteiger partial charge in [-0.15, -0.1) is 0 Å². The fraction of sp³-hybridized carbons (Fsp3) is 0.500. The number of carbonyl (C=O) groups excluding carboxylic acids is 1. The first-order valence-electron chi connectivity index (χ1n) is 6.78. The third-order valence-corrected chi connectivity index (χ3v) is 4.65. The van der Waals surface area contributed by atoms with Crippen LogP contribution < -0.4 is 5.32 Å². The molecule has 1 saturated carbocycles. The van der Waals surface area contributed by atoms with Gasteiger partial charge in [-0.2, -0.15) is 8.42 Å². The van der Waals surface area contributed by atoms with Gasteiger partial charge in [-0.05, 0) is 37.1 Å². The molecule has 1 aromatic carbocycles. The van der Waals surface area contributed by atoms with Crippen molar-refractivity contribution in [3.63, 3.8) is 0 Å². The summed E-state index contributed by atoms with van der Waals surface area (Å²) in [7, 11) is -3.72. The van der Waals surface area contributed by atoms with Gasteiger partial charge >= 0.3 is 0 Å². The molecule has 1 amide bonds. The van der Waals surface area contributed by atoms with Gasteiger partial charge in [-0.3, -0.25) is 8.98 Å². The summed E-state index contributed by atoms with van der Waals surface area (Å²) in [5, 5.41) is 2.59. The van der Waals surface area contributed by atoms with Crippen LogP contribution in [0.25, 0.3) is 0 Å². The standard InChI is InChI=1S/C14H19NO4S/c1-11(16)15-12-7-9-14(10-8-12)20(17,18)19-13-5-3-2-4-6-13/h7-10,13H,2-6H2,1H3,(H,15,16). The van der Waals surface area contributed by atoms with E-state index in [1.165, 1.54) is 19.1 Å². The molecule has 1 aliphatic carbocycles. The Balaban J connectivity index is 2.06. The van der Waals surface area contributed by atoms with Crippen molar-refractivity contribution >= 4 is 21.7 Å². The summed E-state index contributed by atoms with van der Waals surface area (Å²) >= 11 is 0. The summed E-state index contributed by atoms with van der Waals surface area (Å²) in [4.78, 5) is 11.0. The van der Waals surface area contributed by atoms with E-state index in [0.717, 1.165) is 32.1 Å². The zero-order chi connectivity index (χ0) is 14.6. The van der Waals surface area contributed by atoms with Gasteiger partial charge in [0.2, 0.25) is 5.91 Å². The second-order valence-corrected chi connectivity index (χ2v) is 6.59. The van der Waals surface area contributed by atoms with Crippen molar-refractivity contribution in [3.05, 3.63) is 24.3 Å². The van der Waals surface area contributed by atoms with E-state index in [1.807, 2.05) is 0 Å². The van der Waals surface area contributed by atoms with Crippen LogP contribution in [-0.2, 0) is 19.1 Å². The summed E-state index contributed by atoms with van der Waals surface area (Å²) < 4.78 is 29.5. The number of benzene rings is 1. The third-order valence-electron chi connectivity index (χ3n) is 3.28. The maximum absolute atomic E-state index is 12.1. The molecule has 6 heteroatoms. The van der Waals surface area contributed by atoms with Gasteiger partial charge in [0.25, 0.3) is 10.1 Å². The van der Waals surface area contributed by atoms with Crippen molar-refractivity contribution in [2.75, 3.05) is 5.32 Å². The highest BCUT2D eigenvalue weighted by Crippen LogP contribution is 2.25. The number of hydrogen-bond acceptors (Lipinski definition) is 4. The van der Waals surface area contributed by atoms with E-state index in [1.54, 1.807) is 12.1 Å². The highest BCUT2D eigenvalue weighted by Gasteiger charge is 2.23. The maximum atomic E-state index is 12.1. The Morgan fingerprint density at radius 1 is 1.15 bits per heavy atom. The van der Waals surface area contributed by atoms with Crippen molar-refractivity contribution in [2.45, 2.75) is 50.0 Å².